The van der Waals surface area contributed by atoms with E-state index in [9.17, 15) is 5.26 Å². The van der Waals surface area contributed by atoms with Crippen molar-refractivity contribution in [1.29, 1.82) is 10.5 Å². The van der Waals surface area contributed by atoms with Gasteiger partial charge in [-0.2, -0.15) is 10.5 Å². The molecule has 1 fully saturated rings. The van der Waals surface area contributed by atoms with Crippen molar-refractivity contribution >= 4 is 5.82 Å². The molecule has 0 unspecified atom stereocenters. The van der Waals surface area contributed by atoms with Gasteiger partial charge in [0.1, 0.15) is 18.0 Å². The van der Waals surface area contributed by atoms with Crippen LogP contribution in [-0.4, -0.2) is 37.3 Å². The van der Waals surface area contributed by atoms with Gasteiger partial charge in [0, 0.05) is 25.8 Å². The van der Waals surface area contributed by atoms with E-state index in [1.54, 1.807) is 6.20 Å². The molecule has 0 radical (unpaired) electrons. The molecule has 6 nitrogen and oxygen atoms in total. The number of anilines is 1. The normalized spacial score (nSPS) is 18.4. The second-order valence-electron chi connectivity index (χ2n) is 4.60. The molecule has 0 bridgehead atoms. The quantitative estimate of drug-likeness (QED) is 0.862. The van der Waals surface area contributed by atoms with E-state index in [0.29, 0.717) is 49.6 Å². The smallest absolute Gasteiger partial charge is 0.147 e. The monoisotopic (exact) mass is 271 g/mol. The van der Waals surface area contributed by atoms with Crippen LogP contribution in [0, 0.1) is 22.7 Å². The second kappa shape index (κ2) is 6.33. The number of rotatable bonds is 3. The number of aromatic nitrogens is 1. The summed E-state index contributed by atoms with van der Waals surface area (Å²) >= 11 is 0. The van der Waals surface area contributed by atoms with E-state index in [4.69, 9.17) is 15.7 Å². The molecule has 1 aliphatic heterocycles. The second-order valence-corrected chi connectivity index (χ2v) is 4.60. The molecule has 2 rings (SSSR count). The zero-order valence-electron chi connectivity index (χ0n) is 11.5. The van der Waals surface area contributed by atoms with E-state index in [2.05, 4.69) is 17.1 Å². The molecular formula is C14H17N5O. The fraction of sp³-hybridized carbons (Fsp3) is 0.500. The van der Waals surface area contributed by atoms with Crippen LogP contribution in [-0.2, 0) is 11.2 Å². The van der Waals surface area contributed by atoms with Crippen LogP contribution in [0.5, 0.6) is 0 Å². The zero-order valence-corrected chi connectivity index (χ0v) is 11.5. The van der Waals surface area contributed by atoms with Crippen LogP contribution in [0.1, 0.15) is 23.6 Å². The van der Waals surface area contributed by atoms with Crippen molar-refractivity contribution in [3.05, 3.63) is 22.9 Å². The van der Waals surface area contributed by atoms with Crippen molar-refractivity contribution in [3.63, 3.8) is 0 Å². The maximum Gasteiger partial charge on any atom is 0.147 e. The number of pyridine rings is 1. The predicted molar refractivity (Wildman–Crippen MR) is 74.1 cm³/mol. The molecule has 1 atom stereocenters. The number of morpholine rings is 1. The summed E-state index contributed by atoms with van der Waals surface area (Å²) < 4.78 is 5.52. The largest absolute Gasteiger partial charge is 0.373 e. The molecule has 20 heavy (non-hydrogen) atoms. The van der Waals surface area contributed by atoms with Crippen LogP contribution in [0.2, 0.25) is 0 Å². The van der Waals surface area contributed by atoms with Gasteiger partial charge < -0.3 is 15.4 Å². The minimum absolute atomic E-state index is 0.0437. The fourth-order valence-corrected chi connectivity index (χ4v) is 2.41. The summed E-state index contributed by atoms with van der Waals surface area (Å²) in [4.78, 5) is 6.32. The maximum atomic E-state index is 9.42. The molecule has 1 aromatic heterocycles. The number of ether oxygens (including phenoxy) is 1. The zero-order chi connectivity index (χ0) is 14.5. The van der Waals surface area contributed by atoms with E-state index in [0.717, 1.165) is 5.56 Å². The van der Waals surface area contributed by atoms with Crippen LogP contribution >= 0.6 is 0 Å². The summed E-state index contributed by atoms with van der Waals surface area (Å²) in [5.41, 5.74) is 7.35. The number of hydrogen-bond acceptors (Lipinski definition) is 6. The lowest BCUT2D eigenvalue weighted by Gasteiger charge is -2.33. The van der Waals surface area contributed by atoms with Crippen molar-refractivity contribution < 1.29 is 4.74 Å². The Labute approximate surface area is 118 Å². The maximum absolute atomic E-state index is 9.42. The van der Waals surface area contributed by atoms with Gasteiger partial charge in [-0.1, -0.05) is 6.92 Å². The van der Waals surface area contributed by atoms with Crippen LogP contribution in [0.25, 0.3) is 0 Å². The summed E-state index contributed by atoms with van der Waals surface area (Å²) in [6.07, 6.45) is 2.13. The lowest BCUT2D eigenvalue weighted by molar-refractivity contribution is 0.0463. The molecule has 2 heterocycles. The van der Waals surface area contributed by atoms with Crippen LogP contribution < -0.4 is 10.6 Å². The Balaban J connectivity index is 2.42. The van der Waals surface area contributed by atoms with Gasteiger partial charge >= 0.3 is 0 Å². The molecule has 2 N–H and O–H groups in total. The van der Waals surface area contributed by atoms with Gasteiger partial charge in [-0.3, -0.25) is 0 Å². The lowest BCUT2D eigenvalue weighted by atomic mass is 10.0. The molecule has 0 spiro atoms. The minimum atomic E-state index is -0.0437. The molecular weight excluding hydrogens is 254 g/mol. The van der Waals surface area contributed by atoms with Gasteiger partial charge in [0.15, 0.2) is 0 Å². The standard InChI is InChI=1S/C14H17N5O/c1-2-12-10(5-15)8-18-14(13(12)7-17)19-3-4-20-11(6-16)9-19/h8,11H,2-4,6,9,16H2,1H3/t11-/m1/s1. The summed E-state index contributed by atoms with van der Waals surface area (Å²) in [6.45, 7) is 4.23. The number of nitrogens with zero attached hydrogens (tertiary/aromatic N) is 4. The summed E-state index contributed by atoms with van der Waals surface area (Å²) in [7, 11) is 0. The van der Waals surface area contributed by atoms with Gasteiger partial charge in [-0.15, -0.1) is 0 Å². The molecule has 1 aliphatic rings. The lowest BCUT2D eigenvalue weighted by Crippen LogP contribution is -2.46. The summed E-state index contributed by atoms with van der Waals surface area (Å²) in [6, 6.07) is 4.29. The van der Waals surface area contributed by atoms with E-state index in [1.807, 2.05) is 11.8 Å². The third-order valence-electron chi connectivity index (χ3n) is 3.45. The summed E-state index contributed by atoms with van der Waals surface area (Å²) in [5, 5.41) is 18.5. The first-order valence-corrected chi connectivity index (χ1v) is 6.63. The average molecular weight is 271 g/mol. The van der Waals surface area contributed by atoms with Crippen molar-refractivity contribution in [3.8, 4) is 12.1 Å². The first-order valence-electron chi connectivity index (χ1n) is 6.63. The first-order chi connectivity index (χ1) is 9.74. The molecule has 1 saturated heterocycles. The van der Waals surface area contributed by atoms with Crippen molar-refractivity contribution in [2.45, 2.75) is 19.4 Å². The average Bonchev–Trinajstić information content (AvgIpc) is 2.53. The highest BCUT2D eigenvalue weighted by atomic mass is 16.5. The Morgan fingerprint density at radius 1 is 1.50 bits per heavy atom. The van der Waals surface area contributed by atoms with Crippen LogP contribution in [0.4, 0.5) is 5.82 Å². The number of nitriles is 2. The third-order valence-corrected chi connectivity index (χ3v) is 3.45. The van der Waals surface area contributed by atoms with Crippen LogP contribution in [0.15, 0.2) is 6.20 Å². The highest BCUT2D eigenvalue weighted by Crippen LogP contribution is 2.25. The number of nitrogens with two attached hydrogens (primary N) is 1. The Morgan fingerprint density at radius 3 is 2.90 bits per heavy atom. The Morgan fingerprint density at radius 2 is 2.30 bits per heavy atom. The minimum Gasteiger partial charge on any atom is -0.373 e. The van der Waals surface area contributed by atoms with E-state index < -0.39 is 0 Å². The SMILES string of the molecule is CCc1c(C#N)cnc(N2CCO[C@H](CN)C2)c1C#N. The molecule has 0 saturated carbocycles. The van der Waals surface area contributed by atoms with Gasteiger partial charge in [-0.25, -0.2) is 4.98 Å². The Bertz CT molecular complexity index is 572. The van der Waals surface area contributed by atoms with E-state index in [-0.39, 0.29) is 6.10 Å². The van der Waals surface area contributed by atoms with Crippen molar-refractivity contribution in [2.24, 2.45) is 5.73 Å². The van der Waals surface area contributed by atoms with Crippen molar-refractivity contribution in [1.82, 2.24) is 4.98 Å². The van der Waals surface area contributed by atoms with Gasteiger partial charge in [0.25, 0.3) is 0 Å². The molecule has 0 amide bonds. The van der Waals surface area contributed by atoms with Crippen LogP contribution in [0.3, 0.4) is 0 Å². The molecule has 104 valence electrons. The van der Waals surface area contributed by atoms with Gasteiger partial charge in [-0.05, 0) is 12.0 Å². The van der Waals surface area contributed by atoms with Crippen molar-refractivity contribution in [2.75, 3.05) is 31.1 Å². The summed E-state index contributed by atoms with van der Waals surface area (Å²) in [5.74, 6) is 0.630. The molecule has 1 aromatic rings. The first kappa shape index (κ1) is 14.3. The molecule has 6 heteroatoms. The van der Waals surface area contributed by atoms with Gasteiger partial charge in [0.05, 0.1) is 23.8 Å². The van der Waals surface area contributed by atoms with E-state index in [1.165, 1.54) is 0 Å². The van der Waals surface area contributed by atoms with E-state index >= 15 is 0 Å². The Hall–Kier alpha value is -2.15. The topological polar surface area (TPSA) is 99.0 Å². The number of hydrogen-bond donors (Lipinski definition) is 1. The fourth-order valence-electron chi connectivity index (χ4n) is 2.41. The molecule has 0 aromatic carbocycles. The van der Waals surface area contributed by atoms with Gasteiger partial charge in [0.2, 0.25) is 0 Å². The molecule has 0 aliphatic carbocycles. The predicted octanol–water partition coefficient (Wildman–Crippen LogP) is 0.551. The highest BCUT2D eigenvalue weighted by molar-refractivity contribution is 5.61. The third kappa shape index (κ3) is 2.57. The Kier molecular flexibility index (Phi) is 4.52. The highest BCUT2D eigenvalue weighted by Gasteiger charge is 2.24.